The largest absolute Gasteiger partial charge is 0.307 e. The zero-order valence-electron chi connectivity index (χ0n) is 34.6. The summed E-state index contributed by atoms with van der Waals surface area (Å²) < 4.78 is 5.06. The molecule has 0 radical (unpaired) electrons. The van der Waals surface area contributed by atoms with Crippen molar-refractivity contribution in [3.8, 4) is 33.6 Å². The predicted octanol–water partition coefficient (Wildman–Crippen LogP) is 12.6. The minimum Gasteiger partial charge on any atom is -0.307 e. The fourth-order valence-electron chi connectivity index (χ4n) is 10.3. The Labute approximate surface area is 368 Å². The van der Waals surface area contributed by atoms with Gasteiger partial charge in [0.2, 0.25) is 0 Å². The Morgan fingerprint density at radius 2 is 0.714 bits per heavy atom. The molecule has 10 aromatic carbocycles. The molecule has 2 heterocycles. The van der Waals surface area contributed by atoms with Gasteiger partial charge >= 0.3 is 0 Å². The molecule has 0 aliphatic carbocycles. The van der Waals surface area contributed by atoms with Gasteiger partial charge in [-0.3, -0.25) is 0 Å². The van der Waals surface area contributed by atoms with E-state index in [1.807, 2.05) is 0 Å². The van der Waals surface area contributed by atoms with Crippen molar-refractivity contribution in [1.29, 1.82) is 0 Å². The summed E-state index contributed by atoms with van der Waals surface area (Å²) in [7, 11) is -2.83. The summed E-state index contributed by atoms with van der Waals surface area (Å²) in [5.74, 6) is 0. The summed E-state index contributed by atoms with van der Waals surface area (Å²) in [6.07, 6.45) is 0. The van der Waals surface area contributed by atoms with Crippen LogP contribution in [0.5, 0.6) is 0 Å². The lowest BCUT2D eigenvalue weighted by atomic mass is 10.0. The van der Waals surface area contributed by atoms with Crippen molar-refractivity contribution in [2.45, 2.75) is 0 Å². The van der Waals surface area contributed by atoms with Gasteiger partial charge in [0, 0.05) is 27.2 Å². The molecule has 0 unspecified atom stereocenters. The van der Waals surface area contributed by atoms with E-state index in [1.54, 1.807) is 0 Å². The summed E-state index contributed by atoms with van der Waals surface area (Å²) in [6, 6.07) is 94.3. The van der Waals surface area contributed by atoms with E-state index >= 15 is 0 Å². The van der Waals surface area contributed by atoms with Crippen LogP contribution in [-0.2, 0) is 0 Å². The molecule has 63 heavy (non-hydrogen) atoms. The Kier molecular flexibility index (Phi) is 8.87. The van der Waals surface area contributed by atoms with E-state index in [0.29, 0.717) is 0 Å². The first-order valence-corrected chi connectivity index (χ1v) is 23.8. The van der Waals surface area contributed by atoms with E-state index in [0.717, 1.165) is 11.4 Å². The van der Waals surface area contributed by atoms with E-state index in [1.165, 1.54) is 86.6 Å². The fourth-order valence-corrected chi connectivity index (χ4v) is 15.1. The average molecular weight is 819 g/mol. The highest BCUT2D eigenvalue weighted by molar-refractivity contribution is 7.20. The van der Waals surface area contributed by atoms with Crippen LogP contribution < -0.4 is 20.7 Å². The third-order valence-corrected chi connectivity index (χ3v) is 17.8. The molecule has 0 saturated heterocycles. The summed E-state index contributed by atoms with van der Waals surface area (Å²) in [6.45, 7) is 0. The Morgan fingerprint density at radius 3 is 1.35 bits per heavy atom. The van der Waals surface area contributed by atoms with Crippen LogP contribution in [0, 0.1) is 0 Å². The molecule has 296 valence electrons. The number of aromatic nitrogens is 2. The van der Waals surface area contributed by atoms with Crippen molar-refractivity contribution in [3.63, 3.8) is 0 Å². The maximum absolute atomic E-state index is 2.83. The molecule has 12 aromatic rings. The number of para-hydroxylation sites is 2. The van der Waals surface area contributed by atoms with Gasteiger partial charge in [0.25, 0.3) is 0 Å². The van der Waals surface area contributed by atoms with Crippen molar-refractivity contribution in [1.82, 2.24) is 9.13 Å². The highest BCUT2D eigenvalue weighted by Gasteiger charge is 2.41. The van der Waals surface area contributed by atoms with Crippen molar-refractivity contribution in [3.05, 3.63) is 255 Å². The summed E-state index contributed by atoms with van der Waals surface area (Å²) in [4.78, 5) is 0. The lowest BCUT2D eigenvalue weighted by Gasteiger charge is -2.34. The SMILES string of the molecule is c1ccc(-c2cccc(-n3c4cc(-c5ccccc5)ccc4c4cccc(-n5c6ccccc6c6ccc([Si](c7ccccc7)(c7ccccc7)c7ccccc7)cc65)c43)c2)cc1. The normalized spacial score (nSPS) is 11.8. The van der Waals surface area contributed by atoms with Gasteiger partial charge in [-0.2, -0.15) is 0 Å². The van der Waals surface area contributed by atoms with Crippen molar-refractivity contribution in [2.24, 2.45) is 0 Å². The molecule has 0 N–H and O–H groups in total. The minimum absolute atomic E-state index is 1.12. The van der Waals surface area contributed by atoms with Crippen LogP contribution in [0.1, 0.15) is 0 Å². The van der Waals surface area contributed by atoms with E-state index in [4.69, 9.17) is 0 Å². The second-order valence-electron chi connectivity index (χ2n) is 16.5. The first-order valence-electron chi connectivity index (χ1n) is 21.8. The molecular formula is C60H42N2Si. The Hall–Kier alpha value is -7.98. The highest BCUT2D eigenvalue weighted by atomic mass is 28.3. The number of fused-ring (bicyclic) bond motifs is 6. The topological polar surface area (TPSA) is 9.86 Å². The van der Waals surface area contributed by atoms with Crippen LogP contribution in [0.2, 0.25) is 0 Å². The fraction of sp³-hybridized carbons (Fsp3) is 0. The molecule has 0 spiro atoms. The Morgan fingerprint density at radius 1 is 0.254 bits per heavy atom. The summed E-state index contributed by atoms with van der Waals surface area (Å²) in [5.41, 5.74) is 11.8. The lowest BCUT2D eigenvalue weighted by Crippen LogP contribution is -2.74. The third-order valence-electron chi connectivity index (χ3n) is 13.1. The Bertz CT molecular complexity index is 3500. The summed E-state index contributed by atoms with van der Waals surface area (Å²) >= 11 is 0. The molecule has 0 fully saturated rings. The molecule has 0 aliphatic heterocycles. The highest BCUT2D eigenvalue weighted by Crippen LogP contribution is 2.41. The van der Waals surface area contributed by atoms with E-state index in [9.17, 15) is 0 Å². The second kappa shape index (κ2) is 15.2. The van der Waals surface area contributed by atoms with Gasteiger partial charge in [0.15, 0.2) is 8.07 Å². The first kappa shape index (κ1) is 36.8. The van der Waals surface area contributed by atoms with Gasteiger partial charge in [-0.1, -0.05) is 218 Å². The molecule has 0 atom stereocenters. The quantitative estimate of drug-likeness (QED) is 0.107. The molecule has 0 bridgehead atoms. The zero-order valence-corrected chi connectivity index (χ0v) is 35.6. The monoisotopic (exact) mass is 818 g/mol. The molecule has 2 nitrogen and oxygen atoms in total. The molecule has 3 heteroatoms. The maximum atomic E-state index is 2.55. The van der Waals surface area contributed by atoms with Gasteiger partial charge < -0.3 is 9.13 Å². The molecular weight excluding hydrogens is 777 g/mol. The van der Waals surface area contributed by atoms with Crippen molar-refractivity contribution in [2.75, 3.05) is 0 Å². The number of hydrogen-bond donors (Lipinski definition) is 0. The van der Waals surface area contributed by atoms with Crippen LogP contribution in [-0.4, -0.2) is 17.2 Å². The van der Waals surface area contributed by atoms with E-state index < -0.39 is 8.07 Å². The van der Waals surface area contributed by atoms with E-state index in [2.05, 4.69) is 264 Å². The first-order chi connectivity index (χ1) is 31.3. The van der Waals surface area contributed by atoms with Gasteiger partial charge in [0.1, 0.15) is 0 Å². The number of nitrogens with zero attached hydrogens (tertiary/aromatic N) is 2. The van der Waals surface area contributed by atoms with Crippen LogP contribution >= 0.6 is 0 Å². The number of rotatable bonds is 8. The van der Waals surface area contributed by atoms with Crippen LogP contribution in [0.15, 0.2) is 255 Å². The minimum atomic E-state index is -2.83. The molecule has 2 aromatic heterocycles. The zero-order chi connectivity index (χ0) is 41.7. The number of benzene rings is 10. The van der Waals surface area contributed by atoms with Crippen molar-refractivity contribution < 1.29 is 0 Å². The number of hydrogen-bond acceptors (Lipinski definition) is 0. The summed E-state index contributed by atoms with van der Waals surface area (Å²) in [5, 5.41) is 10.3. The lowest BCUT2D eigenvalue weighted by molar-refractivity contribution is 1.13. The second-order valence-corrected chi connectivity index (χ2v) is 20.3. The maximum Gasteiger partial charge on any atom is 0.179 e. The Balaban J connectivity index is 1.20. The predicted molar refractivity (Wildman–Crippen MR) is 270 cm³/mol. The molecule has 12 rings (SSSR count). The van der Waals surface area contributed by atoms with Gasteiger partial charge in [-0.25, -0.2) is 0 Å². The molecule has 0 aliphatic rings. The van der Waals surface area contributed by atoms with Crippen LogP contribution in [0.3, 0.4) is 0 Å². The third kappa shape index (κ3) is 5.93. The van der Waals surface area contributed by atoms with Crippen LogP contribution in [0.25, 0.3) is 77.2 Å². The van der Waals surface area contributed by atoms with Gasteiger partial charge in [-0.05, 0) is 79.4 Å². The van der Waals surface area contributed by atoms with Gasteiger partial charge in [0.05, 0.1) is 27.8 Å². The smallest absolute Gasteiger partial charge is 0.179 e. The average Bonchev–Trinajstić information content (AvgIpc) is 3.88. The molecule has 0 amide bonds. The van der Waals surface area contributed by atoms with Crippen molar-refractivity contribution >= 4 is 72.4 Å². The van der Waals surface area contributed by atoms with E-state index in [-0.39, 0.29) is 0 Å². The standard InChI is InChI=1S/C60H42N2Si/c1-6-20-43(21-7-1)45-24-18-25-47(40-45)61-58-41-46(44-22-8-2-9-23-44)36-38-54(58)55-33-19-35-57(60(55)61)62-56-34-17-16-32-52(56)53-39-37-51(42-59(53)62)63(48-26-10-3-11-27-48,49-28-12-4-13-29-49)50-30-14-5-15-31-50/h1-42H. The van der Waals surface area contributed by atoms with Crippen LogP contribution in [0.4, 0.5) is 0 Å². The van der Waals surface area contributed by atoms with Gasteiger partial charge in [-0.15, -0.1) is 0 Å². The molecule has 0 saturated carbocycles.